The normalized spacial score (nSPS) is 20.6. The minimum atomic E-state index is -0.327. The Morgan fingerprint density at radius 3 is 2.86 bits per heavy atom. The van der Waals surface area contributed by atoms with Crippen molar-refractivity contribution in [1.29, 1.82) is 0 Å². The van der Waals surface area contributed by atoms with E-state index < -0.39 is 0 Å². The summed E-state index contributed by atoms with van der Waals surface area (Å²) in [5.41, 5.74) is 6.71. The fraction of sp³-hybridized carbons (Fsp3) is 0.182. The van der Waals surface area contributed by atoms with E-state index in [9.17, 15) is 0 Å². The Bertz CT molecular complexity index is 1030. The number of fused-ring (bicyclic) bond motifs is 3. The lowest BCUT2D eigenvalue weighted by atomic mass is 10.0. The van der Waals surface area contributed by atoms with E-state index in [-0.39, 0.29) is 12.3 Å². The fourth-order valence-electron chi connectivity index (χ4n) is 3.72. The van der Waals surface area contributed by atoms with Gasteiger partial charge in [-0.15, -0.1) is 11.3 Å². The molecule has 3 aromatic rings. The number of rotatable bonds is 4. The quantitative estimate of drug-likeness (QED) is 0.589. The molecule has 2 atom stereocenters. The monoisotopic (exact) mass is 410 g/mol. The first-order valence-corrected chi connectivity index (χ1v) is 10.5. The van der Waals surface area contributed by atoms with E-state index in [2.05, 4.69) is 40.1 Å². The van der Waals surface area contributed by atoms with Crippen LogP contribution in [0.15, 0.2) is 66.1 Å². The Morgan fingerprint density at radius 1 is 1.18 bits per heavy atom. The molecule has 2 aromatic carbocycles. The molecule has 0 fully saturated rings. The molecule has 2 unspecified atom stereocenters. The Balaban J connectivity index is 1.63. The van der Waals surface area contributed by atoms with Crippen LogP contribution in [0.4, 0.5) is 0 Å². The molecular formula is C22H19ClN2O2S. The second-order valence-electron chi connectivity index (χ2n) is 6.65. The Labute approximate surface area is 172 Å². The predicted octanol–water partition coefficient (Wildman–Crippen LogP) is 5.79. The van der Waals surface area contributed by atoms with Crippen LogP contribution in [0.3, 0.4) is 0 Å². The van der Waals surface area contributed by atoms with Gasteiger partial charge in [0.15, 0.2) is 17.7 Å². The van der Waals surface area contributed by atoms with Crippen molar-refractivity contribution in [2.24, 2.45) is 0 Å². The predicted molar refractivity (Wildman–Crippen MR) is 112 cm³/mol. The topological polar surface area (TPSA) is 33.7 Å². The summed E-state index contributed by atoms with van der Waals surface area (Å²) in [4.78, 5) is 1.20. The van der Waals surface area contributed by atoms with Crippen molar-refractivity contribution in [3.05, 3.63) is 87.1 Å². The third-order valence-corrected chi connectivity index (χ3v) is 6.04. The molecule has 3 heterocycles. The Morgan fingerprint density at radius 2 is 2.07 bits per heavy atom. The van der Waals surface area contributed by atoms with E-state index in [1.54, 1.807) is 11.3 Å². The minimum absolute atomic E-state index is 0.0326. The lowest BCUT2D eigenvalue weighted by Gasteiger charge is -2.39. The third-order valence-electron chi connectivity index (χ3n) is 4.90. The molecule has 5 rings (SSSR count). The lowest BCUT2D eigenvalue weighted by Crippen LogP contribution is -2.43. The van der Waals surface area contributed by atoms with Crippen LogP contribution < -0.4 is 14.9 Å². The molecule has 142 valence electrons. The van der Waals surface area contributed by atoms with Gasteiger partial charge in [0.05, 0.1) is 23.2 Å². The highest BCUT2D eigenvalue weighted by atomic mass is 35.5. The van der Waals surface area contributed by atoms with Crippen LogP contribution in [0.2, 0.25) is 5.02 Å². The molecule has 0 aliphatic carbocycles. The largest absolute Gasteiger partial charge is 0.490 e. The zero-order valence-electron chi connectivity index (χ0n) is 15.3. The molecule has 4 nitrogen and oxygen atoms in total. The van der Waals surface area contributed by atoms with Crippen LogP contribution in [-0.2, 0) is 0 Å². The van der Waals surface area contributed by atoms with E-state index in [1.807, 2.05) is 43.3 Å². The molecule has 1 aromatic heterocycles. The Kier molecular flexibility index (Phi) is 4.51. The maximum atomic E-state index is 6.49. The standard InChI is InChI=1S/C22H19ClN2O2S/c1-2-26-19-9-4-8-16-18-13-17(20-10-5-11-28-20)24-25(18)22(27-21(16)19)14-6-3-7-15(23)12-14/h3-13,18,22,24H,2H2,1H3. The van der Waals surface area contributed by atoms with Crippen LogP contribution in [0.5, 0.6) is 11.5 Å². The highest BCUT2D eigenvalue weighted by molar-refractivity contribution is 7.11. The average Bonchev–Trinajstić information content (AvgIpc) is 3.38. The average molecular weight is 411 g/mol. The molecular weight excluding hydrogens is 392 g/mol. The van der Waals surface area contributed by atoms with Crippen molar-refractivity contribution in [3.8, 4) is 11.5 Å². The summed E-state index contributed by atoms with van der Waals surface area (Å²) in [5.74, 6) is 1.56. The first kappa shape index (κ1) is 17.6. The molecule has 0 saturated carbocycles. The summed E-state index contributed by atoms with van der Waals surface area (Å²) in [5, 5.41) is 4.91. The van der Waals surface area contributed by atoms with Crippen molar-refractivity contribution in [1.82, 2.24) is 10.4 Å². The number of para-hydroxylation sites is 1. The van der Waals surface area contributed by atoms with Gasteiger partial charge in [0.25, 0.3) is 0 Å². The van der Waals surface area contributed by atoms with E-state index in [0.717, 1.165) is 28.3 Å². The summed E-state index contributed by atoms with van der Waals surface area (Å²) in [6, 6.07) is 18.1. The molecule has 0 amide bonds. The van der Waals surface area contributed by atoms with Gasteiger partial charge in [-0.25, -0.2) is 0 Å². The van der Waals surface area contributed by atoms with Crippen molar-refractivity contribution >= 4 is 28.6 Å². The molecule has 0 spiro atoms. The first-order valence-electron chi connectivity index (χ1n) is 9.23. The fourth-order valence-corrected chi connectivity index (χ4v) is 4.62. The van der Waals surface area contributed by atoms with Crippen molar-refractivity contribution in [2.45, 2.75) is 19.2 Å². The van der Waals surface area contributed by atoms with Crippen LogP contribution in [0.1, 0.15) is 35.2 Å². The van der Waals surface area contributed by atoms with E-state index in [1.165, 1.54) is 4.88 Å². The van der Waals surface area contributed by atoms with Crippen LogP contribution in [-0.4, -0.2) is 11.6 Å². The van der Waals surface area contributed by atoms with Crippen molar-refractivity contribution in [3.63, 3.8) is 0 Å². The number of ether oxygens (including phenoxy) is 2. The molecule has 6 heteroatoms. The summed E-state index contributed by atoms with van der Waals surface area (Å²) in [6.45, 7) is 2.57. The molecule has 1 N–H and O–H groups in total. The number of benzene rings is 2. The van der Waals surface area contributed by atoms with Gasteiger partial charge in [0.1, 0.15) is 0 Å². The van der Waals surface area contributed by atoms with E-state index in [4.69, 9.17) is 21.1 Å². The van der Waals surface area contributed by atoms with Crippen molar-refractivity contribution < 1.29 is 9.47 Å². The summed E-state index contributed by atoms with van der Waals surface area (Å²) in [7, 11) is 0. The zero-order valence-corrected chi connectivity index (χ0v) is 16.8. The van der Waals surface area contributed by atoms with Crippen LogP contribution >= 0.6 is 22.9 Å². The number of hydrogen-bond donors (Lipinski definition) is 1. The lowest BCUT2D eigenvalue weighted by molar-refractivity contribution is -0.0345. The number of halogens is 1. The van der Waals surface area contributed by atoms with Gasteiger partial charge in [-0.2, -0.15) is 5.01 Å². The number of hydrazine groups is 1. The van der Waals surface area contributed by atoms with Gasteiger partial charge in [0, 0.05) is 16.1 Å². The third kappa shape index (κ3) is 2.96. The van der Waals surface area contributed by atoms with Crippen LogP contribution in [0, 0.1) is 0 Å². The number of nitrogens with zero attached hydrogens (tertiary/aromatic N) is 1. The smallest absolute Gasteiger partial charge is 0.196 e. The maximum Gasteiger partial charge on any atom is 0.196 e. The molecule has 0 bridgehead atoms. The van der Waals surface area contributed by atoms with Gasteiger partial charge >= 0.3 is 0 Å². The highest BCUT2D eigenvalue weighted by Crippen LogP contribution is 2.49. The summed E-state index contributed by atoms with van der Waals surface area (Å²) >= 11 is 7.98. The SMILES string of the molecule is CCOc1cccc2c1OC(c1cccc(Cl)c1)N1NC(c3cccs3)=CC21. The van der Waals surface area contributed by atoms with Gasteiger partial charge in [-0.3, -0.25) is 0 Å². The van der Waals surface area contributed by atoms with Gasteiger partial charge in [-0.1, -0.05) is 41.9 Å². The second-order valence-corrected chi connectivity index (χ2v) is 8.04. The Hall–Kier alpha value is -2.47. The highest BCUT2D eigenvalue weighted by Gasteiger charge is 2.41. The first-order chi connectivity index (χ1) is 13.7. The van der Waals surface area contributed by atoms with Crippen LogP contribution in [0.25, 0.3) is 5.70 Å². The van der Waals surface area contributed by atoms with Gasteiger partial charge in [0.2, 0.25) is 0 Å². The zero-order chi connectivity index (χ0) is 19.1. The number of nitrogens with one attached hydrogen (secondary N) is 1. The second kappa shape index (κ2) is 7.17. The molecule has 28 heavy (non-hydrogen) atoms. The van der Waals surface area contributed by atoms with Crippen molar-refractivity contribution in [2.75, 3.05) is 6.61 Å². The van der Waals surface area contributed by atoms with E-state index >= 15 is 0 Å². The number of thiophene rings is 1. The molecule has 0 radical (unpaired) electrons. The minimum Gasteiger partial charge on any atom is -0.490 e. The molecule has 2 aliphatic heterocycles. The summed E-state index contributed by atoms with van der Waals surface area (Å²) in [6.07, 6.45) is 1.92. The van der Waals surface area contributed by atoms with Gasteiger partial charge in [-0.05, 0) is 42.6 Å². The number of hydrogen-bond acceptors (Lipinski definition) is 5. The molecule has 2 aliphatic rings. The maximum absolute atomic E-state index is 6.49. The molecule has 0 saturated heterocycles. The van der Waals surface area contributed by atoms with Gasteiger partial charge < -0.3 is 14.9 Å². The summed E-state index contributed by atoms with van der Waals surface area (Å²) < 4.78 is 12.3. The van der Waals surface area contributed by atoms with E-state index in [0.29, 0.717) is 11.6 Å².